The summed E-state index contributed by atoms with van der Waals surface area (Å²) in [5, 5.41) is 26.4. The smallest absolute Gasteiger partial charge is 0.306 e. The predicted molar refractivity (Wildman–Crippen MR) is 275 cm³/mol. The molecule has 0 saturated heterocycles. The van der Waals surface area contributed by atoms with Crippen LogP contribution in [0.15, 0.2) is 46.6 Å². The first-order valence-corrected chi connectivity index (χ1v) is 26.3. The highest BCUT2D eigenvalue weighted by atomic mass is 79.9. The van der Waals surface area contributed by atoms with E-state index in [9.17, 15) is 24.3 Å². The van der Waals surface area contributed by atoms with E-state index in [1.165, 1.54) is 14.2 Å². The Morgan fingerprint density at radius 1 is 0.616 bits per heavy atom. The van der Waals surface area contributed by atoms with Crippen LogP contribution in [0.1, 0.15) is 47.9 Å². The molecule has 2 N–H and O–H groups in total. The lowest BCUT2D eigenvalue weighted by Gasteiger charge is -2.24. The molecule has 2 aromatic carbocycles. The largest absolute Gasteiger partial charge is 0.508 e. The highest BCUT2D eigenvalue weighted by Gasteiger charge is 2.33. The molecule has 0 aliphatic carbocycles. The number of methoxy groups -OCH3 is 2. The Morgan fingerprint density at radius 2 is 1.04 bits per heavy atom. The second-order valence-electron chi connectivity index (χ2n) is 16.0. The maximum atomic E-state index is 13.3. The summed E-state index contributed by atoms with van der Waals surface area (Å²) in [7, 11) is 2.63. The van der Waals surface area contributed by atoms with Gasteiger partial charge in [0.25, 0.3) is 0 Å². The maximum Gasteiger partial charge on any atom is 0.306 e. The first-order valence-electron chi connectivity index (χ1n) is 24.0. The van der Waals surface area contributed by atoms with Gasteiger partial charge in [-0.15, -0.1) is 0 Å². The van der Waals surface area contributed by atoms with Gasteiger partial charge in [0, 0.05) is 66.4 Å². The molecule has 2 amide bonds. The zero-order chi connectivity index (χ0) is 53.3. The van der Waals surface area contributed by atoms with Crippen LogP contribution in [-0.4, -0.2) is 187 Å². The van der Waals surface area contributed by atoms with E-state index in [0.29, 0.717) is 145 Å². The van der Waals surface area contributed by atoms with Crippen molar-refractivity contribution in [2.45, 2.75) is 51.6 Å². The lowest BCUT2D eigenvalue weighted by molar-refractivity contribution is -0.147. The lowest BCUT2D eigenvalue weighted by atomic mass is 9.94. The first kappa shape index (κ1) is 64.3. The van der Waals surface area contributed by atoms with Crippen LogP contribution in [0.4, 0.5) is 0 Å². The summed E-state index contributed by atoms with van der Waals surface area (Å²) in [5.74, 6) is -1.15. The number of nitrogens with zero attached hydrogens (tertiary/aromatic N) is 8. The van der Waals surface area contributed by atoms with Crippen LogP contribution < -0.4 is 4.74 Å². The minimum atomic E-state index is -0.518. The molecule has 23 nitrogen and oxygen atoms in total. The number of aliphatic hydroxyl groups is 1. The van der Waals surface area contributed by atoms with Crippen molar-refractivity contribution in [2.75, 3.05) is 144 Å². The number of halogens is 2. The van der Waals surface area contributed by atoms with Gasteiger partial charge in [-0.05, 0) is 83.3 Å². The second kappa shape index (κ2) is 41.6. The lowest BCUT2D eigenvalue weighted by Crippen LogP contribution is -2.38. The Morgan fingerprint density at radius 3 is 1.45 bits per heavy atom. The maximum absolute atomic E-state index is 13.3. The minimum absolute atomic E-state index is 0.00573. The van der Waals surface area contributed by atoms with Crippen LogP contribution in [0.5, 0.6) is 11.5 Å². The fourth-order valence-electron chi connectivity index (χ4n) is 7.09. The number of azide groups is 2. The van der Waals surface area contributed by atoms with Crippen molar-refractivity contribution >= 4 is 55.6 Å². The fraction of sp³-hybridized carbons (Fsp3) is 0.667. The third-order valence-corrected chi connectivity index (χ3v) is 11.9. The SMILES string of the molecule is COC(=O)C[C@@H]1Cc2ccc(O)cc2CN(CCOCCOCCOCCN=[N+]=[N-])C1=O.COC(=O)C[C@@H]1Cc2ccc(OCCCBr)cc2CN(CCOCCOCCOCCN=[N+]=[N-])C1=O.OCCCBr. The molecule has 2 aliphatic rings. The average Bonchev–Trinajstić information content (AvgIpc) is 3.60. The summed E-state index contributed by atoms with van der Waals surface area (Å²) in [6, 6.07) is 10.9. The van der Waals surface area contributed by atoms with Gasteiger partial charge in [0.05, 0.1) is 125 Å². The standard InChI is InChI=1S/C24H35BrN4O7.C21H30N4O7.C3H7BrO/c1-32-23(30)17-20-15-19-3-4-22(36-8-2-5-25)16-21(19)18-29(24(20)31)7-10-34-12-14-35-13-11-33-9-6-27-28-26;1-29-20(27)14-17-12-16-2-3-19(26)13-18(16)15-25(21(17)28)5-7-31-9-11-32-10-8-30-6-4-23-24-22;4-2-1-3-5/h3-4,16,20H,2,5-15,17-18H2,1H3;2-3,13,17,26H,4-12,14-15H2,1H3;5H,1-3H2/t20-;17-;/m00./s1. The number of carbonyl (C=O) groups excluding carboxylic acids is 4. The third kappa shape index (κ3) is 28.5. The number of alkyl halides is 2. The zero-order valence-electron chi connectivity index (χ0n) is 42.0. The van der Waals surface area contributed by atoms with Crippen molar-refractivity contribution in [1.82, 2.24) is 9.80 Å². The summed E-state index contributed by atoms with van der Waals surface area (Å²) in [6.07, 6.45) is 2.69. The number of aromatic hydroxyl groups is 1. The Bertz CT molecular complexity index is 2000. The number of amides is 2. The molecule has 0 aromatic heterocycles. The van der Waals surface area contributed by atoms with E-state index in [4.69, 9.17) is 58.8 Å². The molecule has 2 heterocycles. The van der Waals surface area contributed by atoms with Gasteiger partial charge < -0.3 is 62.6 Å². The number of fused-ring (bicyclic) bond motifs is 2. The monoisotopic (exact) mass is 1160 g/mol. The van der Waals surface area contributed by atoms with Crippen LogP contribution >= 0.6 is 31.9 Å². The van der Waals surface area contributed by atoms with Crippen LogP contribution in [0, 0.1) is 11.8 Å². The molecule has 73 heavy (non-hydrogen) atoms. The molecule has 408 valence electrons. The second-order valence-corrected chi connectivity index (χ2v) is 17.6. The van der Waals surface area contributed by atoms with Gasteiger partial charge in [-0.2, -0.15) is 0 Å². The highest BCUT2D eigenvalue weighted by Crippen LogP contribution is 2.30. The Balaban J connectivity index is 0.000000460. The summed E-state index contributed by atoms with van der Waals surface area (Å²) in [6.45, 7) is 7.54. The van der Waals surface area contributed by atoms with Gasteiger partial charge in [0.1, 0.15) is 11.5 Å². The minimum Gasteiger partial charge on any atom is -0.508 e. The molecule has 0 bridgehead atoms. The van der Waals surface area contributed by atoms with E-state index in [-0.39, 0.29) is 30.4 Å². The Labute approximate surface area is 443 Å². The molecule has 2 aromatic rings. The molecule has 0 radical (unpaired) electrons. The quantitative estimate of drug-likeness (QED) is 0.0207. The van der Waals surface area contributed by atoms with Crippen LogP contribution in [0.2, 0.25) is 0 Å². The third-order valence-electron chi connectivity index (χ3n) is 10.8. The molecule has 0 saturated carbocycles. The highest BCUT2D eigenvalue weighted by molar-refractivity contribution is 9.09. The number of ether oxygens (including phenoxy) is 9. The topological polar surface area (TPSA) is 296 Å². The van der Waals surface area contributed by atoms with E-state index >= 15 is 0 Å². The van der Waals surface area contributed by atoms with Crippen LogP contribution in [0.3, 0.4) is 0 Å². The number of aliphatic hydroxyl groups excluding tert-OH is 1. The molecule has 2 aliphatic heterocycles. The number of rotatable bonds is 34. The number of hydrogen-bond donors (Lipinski definition) is 2. The van der Waals surface area contributed by atoms with E-state index in [1.807, 2.05) is 18.2 Å². The predicted octanol–water partition coefficient (Wildman–Crippen LogP) is 5.85. The van der Waals surface area contributed by atoms with Gasteiger partial charge in [0.15, 0.2) is 0 Å². The molecule has 25 heteroatoms. The van der Waals surface area contributed by atoms with Crippen molar-refractivity contribution in [1.29, 1.82) is 0 Å². The fourth-order valence-corrected chi connectivity index (χ4v) is 7.57. The zero-order valence-corrected chi connectivity index (χ0v) is 45.1. The van der Waals surface area contributed by atoms with Crippen molar-refractivity contribution in [3.8, 4) is 11.5 Å². The van der Waals surface area contributed by atoms with Gasteiger partial charge in [-0.1, -0.05) is 54.2 Å². The number of phenols is 1. The summed E-state index contributed by atoms with van der Waals surface area (Å²) in [5.41, 5.74) is 20.2. The normalized spacial score (nSPS) is 14.9. The van der Waals surface area contributed by atoms with Crippen LogP contribution in [-0.2, 0) is 83.0 Å². The summed E-state index contributed by atoms with van der Waals surface area (Å²) >= 11 is 6.55. The van der Waals surface area contributed by atoms with Gasteiger partial charge in [-0.25, -0.2) is 0 Å². The van der Waals surface area contributed by atoms with E-state index in [0.717, 1.165) is 51.5 Å². The molecule has 2 atom stereocenters. The van der Waals surface area contributed by atoms with Crippen molar-refractivity contribution in [2.24, 2.45) is 22.1 Å². The number of hydrogen-bond acceptors (Lipinski definition) is 17. The molecule has 0 spiro atoms. The van der Waals surface area contributed by atoms with E-state index < -0.39 is 23.8 Å². The van der Waals surface area contributed by atoms with Crippen molar-refractivity contribution in [3.05, 3.63) is 79.5 Å². The number of carbonyl (C=O) groups is 4. The van der Waals surface area contributed by atoms with Gasteiger partial charge in [-0.3, -0.25) is 19.2 Å². The van der Waals surface area contributed by atoms with Gasteiger partial charge in [0.2, 0.25) is 11.8 Å². The molecule has 0 unspecified atom stereocenters. The molecule has 4 rings (SSSR count). The van der Waals surface area contributed by atoms with Gasteiger partial charge >= 0.3 is 11.9 Å². The average molecular weight is 1160 g/mol. The first-order chi connectivity index (χ1) is 35.5. The van der Waals surface area contributed by atoms with Crippen molar-refractivity contribution < 1.29 is 72.0 Å². The number of esters is 2. The molecular formula is C48H72Br2N8O15. The molecular weight excluding hydrogens is 1090 g/mol. The van der Waals surface area contributed by atoms with E-state index in [2.05, 4.69) is 51.9 Å². The molecule has 0 fully saturated rings. The number of phenolic OH excluding ortho intramolecular Hbond substituents is 1. The van der Waals surface area contributed by atoms with Crippen LogP contribution in [0.25, 0.3) is 20.9 Å². The Kier molecular flexibility index (Phi) is 36.6. The Hall–Kier alpha value is -4.78. The number of benzene rings is 2. The van der Waals surface area contributed by atoms with Crippen molar-refractivity contribution in [3.63, 3.8) is 0 Å². The summed E-state index contributed by atoms with van der Waals surface area (Å²) in [4.78, 5) is 58.7. The summed E-state index contributed by atoms with van der Waals surface area (Å²) < 4.78 is 48.0. The van der Waals surface area contributed by atoms with E-state index in [1.54, 1.807) is 28.0 Å².